The standard InChI is InChI=1S/C27H36N4O/c1-20-5-8-26(29-28-20)31-15-11-27(12-16-31)18-21-6-7-25(17-22(21)19-27)32-24-9-13-30(14-10-24)23-3-2-4-23/h5-8,17,23-24H,2-4,9-16,18-19H2,1H3. The van der Waals surface area contributed by atoms with E-state index in [-0.39, 0.29) is 0 Å². The zero-order chi connectivity index (χ0) is 21.5. The van der Waals surface area contributed by atoms with Gasteiger partial charge in [0.25, 0.3) is 0 Å². The summed E-state index contributed by atoms with van der Waals surface area (Å²) in [6.07, 6.45) is 11.9. The van der Waals surface area contributed by atoms with Crippen LogP contribution in [-0.2, 0) is 12.8 Å². The fourth-order valence-corrected chi connectivity index (χ4v) is 6.31. The van der Waals surface area contributed by atoms with E-state index in [2.05, 4.69) is 50.3 Å². The number of benzene rings is 1. The molecular weight excluding hydrogens is 396 g/mol. The lowest BCUT2D eigenvalue weighted by Gasteiger charge is -2.41. The van der Waals surface area contributed by atoms with E-state index in [1.807, 2.05) is 6.92 Å². The van der Waals surface area contributed by atoms with Crippen LogP contribution in [0.3, 0.4) is 0 Å². The van der Waals surface area contributed by atoms with Crippen LogP contribution in [0.25, 0.3) is 0 Å². The Hall–Kier alpha value is -2.14. The minimum Gasteiger partial charge on any atom is -0.490 e. The molecule has 4 aliphatic rings. The Kier molecular flexibility index (Phi) is 5.33. The van der Waals surface area contributed by atoms with E-state index in [4.69, 9.17) is 4.74 Å². The second kappa shape index (κ2) is 8.33. The molecule has 5 heteroatoms. The number of fused-ring (bicyclic) bond motifs is 1. The number of aryl methyl sites for hydroxylation is 1. The van der Waals surface area contributed by atoms with Gasteiger partial charge < -0.3 is 14.5 Å². The zero-order valence-electron chi connectivity index (χ0n) is 19.4. The average Bonchev–Trinajstić information content (AvgIpc) is 3.12. The lowest BCUT2D eigenvalue weighted by molar-refractivity contribution is 0.0493. The molecule has 0 unspecified atom stereocenters. The van der Waals surface area contributed by atoms with Crippen LogP contribution in [0.2, 0.25) is 0 Å². The van der Waals surface area contributed by atoms with E-state index in [0.29, 0.717) is 11.5 Å². The first-order chi connectivity index (χ1) is 15.7. The first-order valence-corrected chi connectivity index (χ1v) is 12.7. The van der Waals surface area contributed by atoms with Gasteiger partial charge in [-0.05, 0) is 99.1 Å². The van der Waals surface area contributed by atoms with Crippen molar-refractivity contribution in [1.29, 1.82) is 0 Å². The molecule has 0 atom stereocenters. The monoisotopic (exact) mass is 432 g/mol. The van der Waals surface area contributed by atoms with E-state index < -0.39 is 0 Å². The van der Waals surface area contributed by atoms with E-state index in [1.54, 1.807) is 5.56 Å². The number of hydrogen-bond donors (Lipinski definition) is 0. The Morgan fingerprint density at radius 3 is 2.34 bits per heavy atom. The molecule has 2 aromatic rings. The summed E-state index contributed by atoms with van der Waals surface area (Å²) in [7, 11) is 0. The van der Waals surface area contributed by atoms with Crippen molar-refractivity contribution in [3.63, 3.8) is 0 Å². The van der Waals surface area contributed by atoms with Crippen molar-refractivity contribution in [2.75, 3.05) is 31.1 Å². The van der Waals surface area contributed by atoms with Crippen LogP contribution in [0.5, 0.6) is 5.75 Å². The molecule has 5 nitrogen and oxygen atoms in total. The van der Waals surface area contributed by atoms with Crippen molar-refractivity contribution in [2.45, 2.75) is 76.9 Å². The van der Waals surface area contributed by atoms with E-state index in [9.17, 15) is 0 Å². The maximum absolute atomic E-state index is 6.47. The Labute approximate surface area is 192 Å². The van der Waals surface area contributed by atoms with Crippen LogP contribution < -0.4 is 9.64 Å². The second-order valence-electron chi connectivity index (χ2n) is 10.7. The van der Waals surface area contributed by atoms with Gasteiger partial charge in [0.15, 0.2) is 5.82 Å². The van der Waals surface area contributed by atoms with Crippen molar-refractivity contribution in [1.82, 2.24) is 15.1 Å². The maximum Gasteiger partial charge on any atom is 0.151 e. The van der Waals surface area contributed by atoms with Crippen molar-refractivity contribution < 1.29 is 4.74 Å². The van der Waals surface area contributed by atoms with Crippen LogP contribution in [-0.4, -0.2) is 53.4 Å². The van der Waals surface area contributed by atoms with E-state index >= 15 is 0 Å². The Bertz CT molecular complexity index is 939. The molecule has 0 radical (unpaired) electrons. The largest absolute Gasteiger partial charge is 0.490 e. The van der Waals surface area contributed by atoms with Crippen molar-refractivity contribution >= 4 is 5.82 Å². The molecular formula is C27H36N4O. The van der Waals surface area contributed by atoms with E-state index in [0.717, 1.165) is 36.4 Å². The molecule has 170 valence electrons. The van der Waals surface area contributed by atoms with Gasteiger partial charge in [0.2, 0.25) is 0 Å². The molecule has 2 aliphatic carbocycles. The number of anilines is 1. The summed E-state index contributed by atoms with van der Waals surface area (Å²) in [5, 5.41) is 8.65. The highest BCUT2D eigenvalue weighted by molar-refractivity contribution is 5.43. The third kappa shape index (κ3) is 4.00. The molecule has 0 bridgehead atoms. The third-order valence-electron chi connectivity index (χ3n) is 8.61. The number of rotatable bonds is 4. The molecule has 2 saturated heterocycles. The van der Waals surface area contributed by atoms with Gasteiger partial charge in [0.1, 0.15) is 11.9 Å². The topological polar surface area (TPSA) is 41.5 Å². The third-order valence-corrected chi connectivity index (χ3v) is 8.61. The fourth-order valence-electron chi connectivity index (χ4n) is 6.31. The Morgan fingerprint density at radius 2 is 1.66 bits per heavy atom. The molecule has 1 saturated carbocycles. The van der Waals surface area contributed by atoms with Gasteiger partial charge in [-0.25, -0.2) is 0 Å². The highest BCUT2D eigenvalue weighted by Gasteiger charge is 2.40. The maximum atomic E-state index is 6.47. The SMILES string of the molecule is Cc1ccc(N2CCC3(CC2)Cc2ccc(OC4CCN(C5CCC5)CC4)cc2C3)nn1. The number of likely N-dealkylation sites (tertiary alicyclic amines) is 1. The lowest BCUT2D eigenvalue weighted by atomic mass is 9.76. The Morgan fingerprint density at radius 1 is 0.875 bits per heavy atom. The fraction of sp³-hybridized carbons (Fsp3) is 0.630. The summed E-state index contributed by atoms with van der Waals surface area (Å²) in [5.74, 6) is 2.12. The summed E-state index contributed by atoms with van der Waals surface area (Å²) in [5.41, 5.74) is 4.47. The van der Waals surface area contributed by atoms with Gasteiger partial charge in [-0.2, -0.15) is 5.10 Å². The average molecular weight is 433 g/mol. The minimum atomic E-state index is 0.388. The first-order valence-electron chi connectivity index (χ1n) is 12.7. The minimum absolute atomic E-state index is 0.388. The summed E-state index contributed by atoms with van der Waals surface area (Å²) in [6.45, 7) is 6.58. The summed E-state index contributed by atoms with van der Waals surface area (Å²) in [4.78, 5) is 5.11. The Balaban J connectivity index is 1.05. The van der Waals surface area contributed by atoms with Crippen LogP contribution >= 0.6 is 0 Å². The molecule has 6 rings (SSSR count). The molecule has 1 aromatic heterocycles. The number of hydrogen-bond acceptors (Lipinski definition) is 5. The zero-order valence-corrected chi connectivity index (χ0v) is 19.4. The lowest BCUT2D eigenvalue weighted by Crippen LogP contribution is -2.46. The summed E-state index contributed by atoms with van der Waals surface area (Å²) < 4.78 is 6.47. The van der Waals surface area contributed by atoms with Gasteiger partial charge in [-0.1, -0.05) is 12.5 Å². The highest BCUT2D eigenvalue weighted by Crippen LogP contribution is 2.46. The molecule has 0 amide bonds. The predicted octanol–water partition coefficient (Wildman–Crippen LogP) is 4.57. The molecule has 1 aromatic carbocycles. The summed E-state index contributed by atoms with van der Waals surface area (Å²) in [6, 6.07) is 12.0. The first kappa shape index (κ1) is 20.5. The number of aromatic nitrogens is 2. The van der Waals surface area contributed by atoms with Gasteiger partial charge in [0, 0.05) is 32.2 Å². The molecule has 32 heavy (non-hydrogen) atoms. The van der Waals surface area contributed by atoms with Crippen LogP contribution in [0, 0.1) is 12.3 Å². The van der Waals surface area contributed by atoms with Gasteiger partial charge >= 0.3 is 0 Å². The number of piperidine rings is 2. The quantitative estimate of drug-likeness (QED) is 0.708. The molecule has 3 heterocycles. The second-order valence-corrected chi connectivity index (χ2v) is 10.7. The van der Waals surface area contributed by atoms with Crippen LogP contribution in [0.4, 0.5) is 5.82 Å². The number of ether oxygens (including phenoxy) is 1. The van der Waals surface area contributed by atoms with Crippen molar-refractivity contribution in [2.24, 2.45) is 5.41 Å². The summed E-state index contributed by atoms with van der Waals surface area (Å²) >= 11 is 0. The highest BCUT2D eigenvalue weighted by atomic mass is 16.5. The number of nitrogens with zero attached hydrogens (tertiary/aromatic N) is 4. The van der Waals surface area contributed by atoms with Crippen LogP contribution in [0.15, 0.2) is 30.3 Å². The molecule has 1 spiro atoms. The van der Waals surface area contributed by atoms with Crippen LogP contribution in [0.1, 0.15) is 61.8 Å². The van der Waals surface area contributed by atoms with Gasteiger partial charge in [-0.3, -0.25) is 0 Å². The normalized spacial score (nSPS) is 23.8. The molecule has 0 N–H and O–H groups in total. The van der Waals surface area contributed by atoms with E-state index in [1.165, 1.54) is 76.4 Å². The van der Waals surface area contributed by atoms with Gasteiger partial charge in [0.05, 0.1) is 5.69 Å². The predicted molar refractivity (Wildman–Crippen MR) is 127 cm³/mol. The molecule has 3 fully saturated rings. The van der Waals surface area contributed by atoms with Crippen molar-refractivity contribution in [3.8, 4) is 5.75 Å². The van der Waals surface area contributed by atoms with Gasteiger partial charge in [-0.15, -0.1) is 5.10 Å². The van der Waals surface area contributed by atoms with Crippen molar-refractivity contribution in [3.05, 3.63) is 47.2 Å². The smallest absolute Gasteiger partial charge is 0.151 e. The molecule has 2 aliphatic heterocycles.